The van der Waals surface area contributed by atoms with E-state index < -0.39 is 58.9 Å². The van der Waals surface area contributed by atoms with Gasteiger partial charge >= 0.3 is 5.51 Å². The van der Waals surface area contributed by atoms with Gasteiger partial charge < -0.3 is 20.2 Å². The van der Waals surface area contributed by atoms with Crippen molar-refractivity contribution in [3.05, 3.63) is 137 Å². The predicted molar refractivity (Wildman–Crippen MR) is 245 cm³/mol. The highest BCUT2D eigenvalue weighted by Crippen LogP contribution is 2.39. The Morgan fingerprint density at radius 1 is 0.889 bits per heavy atom. The van der Waals surface area contributed by atoms with E-state index in [1.807, 2.05) is 109 Å². The van der Waals surface area contributed by atoms with Crippen LogP contribution in [0.5, 0.6) is 0 Å². The number of hydrogen-bond donors (Lipinski definition) is 3. The van der Waals surface area contributed by atoms with Crippen molar-refractivity contribution in [3.63, 3.8) is 0 Å². The van der Waals surface area contributed by atoms with E-state index in [1.54, 1.807) is 12.1 Å². The third-order valence-corrected chi connectivity index (χ3v) is 15.5. The van der Waals surface area contributed by atoms with Crippen LogP contribution in [0.4, 0.5) is 24.5 Å². The van der Waals surface area contributed by atoms with Gasteiger partial charge in [0.25, 0.3) is 25.8 Å². The Kier molecular flexibility index (Phi) is 15.6. The number of anilines is 2. The summed E-state index contributed by atoms with van der Waals surface area (Å²) in [5.41, 5.74) is -2.73. The Bertz CT molecular complexity index is 2560. The fourth-order valence-corrected chi connectivity index (χ4v) is 10.5. The van der Waals surface area contributed by atoms with Gasteiger partial charge in [0.2, 0.25) is 0 Å². The second-order valence-corrected chi connectivity index (χ2v) is 20.9. The Morgan fingerprint density at radius 3 is 2.16 bits per heavy atom. The van der Waals surface area contributed by atoms with Crippen molar-refractivity contribution >= 4 is 60.5 Å². The summed E-state index contributed by atoms with van der Waals surface area (Å²) in [6.07, 6.45) is 1.09. The molecule has 336 valence electrons. The molecule has 10 nitrogen and oxygen atoms in total. The summed E-state index contributed by atoms with van der Waals surface area (Å²) in [5.74, 6) is -0.714. The summed E-state index contributed by atoms with van der Waals surface area (Å²) < 4.78 is 97.3. The molecule has 1 saturated heterocycles. The highest BCUT2D eigenvalue weighted by Gasteiger charge is 2.48. The van der Waals surface area contributed by atoms with E-state index in [0.717, 1.165) is 39.4 Å². The van der Waals surface area contributed by atoms with Crippen LogP contribution in [0.2, 0.25) is 5.02 Å². The van der Waals surface area contributed by atoms with Crippen LogP contribution in [0.1, 0.15) is 55.1 Å². The molecule has 6 rings (SSSR count). The summed E-state index contributed by atoms with van der Waals surface area (Å²) in [7, 11) is -9.02. The molecular weight excluding hydrogens is 893 g/mol. The lowest BCUT2D eigenvalue weighted by Gasteiger charge is -2.36. The minimum absolute atomic E-state index is 0.0155. The van der Waals surface area contributed by atoms with Gasteiger partial charge in [-0.05, 0) is 129 Å². The lowest BCUT2D eigenvalue weighted by Crippen LogP contribution is -2.36. The number of sulfone groups is 1. The third kappa shape index (κ3) is 12.0. The smallest absolute Gasteiger partial charge is 0.388 e. The fourth-order valence-electron chi connectivity index (χ4n) is 7.32. The molecule has 1 aliphatic heterocycles. The van der Waals surface area contributed by atoms with Crippen molar-refractivity contribution in [1.82, 2.24) is 9.62 Å². The molecule has 1 heterocycles. The highest BCUT2D eigenvalue weighted by molar-refractivity contribution is 7.99. The van der Waals surface area contributed by atoms with E-state index >= 15 is 0 Å². The molecule has 5 aromatic carbocycles. The Morgan fingerprint density at radius 2 is 1.52 bits per heavy atom. The number of thioether (sulfide) groups is 1. The number of hydrogen-bond acceptors (Lipinski definition) is 10. The van der Waals surface area contributed by atoms with Crippen LogP contribution in [0.3, 0.4) is 0 Å². The van der Waals surface area contributed by atoms with Crippen molar-refractivity contribution in [2.45, 2.75) is 71.5 Å². The summed E-state index contributed by atoms with van der Waals surface area (Å²) in [6, 6.07) is 32.7. The van der Waals surface area contributed by atoms with Crippen molar-refractivity contribution in [3.8, 4) is 11.1 Å². The molecule has 0 aliphatic carbocycles. The number of alkyl halides is 3. The molecule has 1 aliphatic rings. The molecule has 5 aromatic rings. The average molecular weight is 944 g/mol. The van der Waals surface area contributed by atoms with Gasteiger partial charge in [0.05, 0.1) is 16.7 Å². The Hall–Kier alpha value is -4.58. The summed E-state index contributed by atoms with van der Waals surface area (Å²) in [6.45, 7) is 5.74. The molecule has 3 N–H and O–H groups in total. The predicted octanol–water partition coefficient (Wildman–Crippen LogP) is 9.67. The molecule has 0 saturated carbocycles. The van der Waals surface area contributed by atoms with E-state index in [-0.39, 0.29) is 17.5 Å². The van der Waals surface area contributed by atoms with Crippen LogP contribution in [-0.2, 0) is 19.9 Å². The zero-order valence-corrected chi connectivity index (χ0v) is 38.1. The quantitative estimate of drug-likeness (QED) is 0.0774. The van der Waals surface area contributed by atoms with Gasteiger partial charge in [-0.1, -0.05) is 66.2 Å². The summed E-state index contributed by atoms with van der Waals surface area (Å²) >= 11 is 7.53. The Labute approximate surface area is 376 Å². The van der Waals surface area contributed by atoms with Gasteiger partial charge in [0.15, 0.2) is 0 Å². The fraction of sp³-hybridized carbons (Fsp3) is 0.326. The van der Waals surface area contributed by atoms with Crippen LogP contribution in [0, 0.1) is 5.92 Å². The van der Waals surface area contributed by atoms with Crippen molar-refractivity contribution in [1.29, 1.82) is 0 Å². The molecule has 63 heavy (non-hydrogen) atoms. The topological polar surface area (TPSA) is 136 Å². The molecule has 0 spiro atoms. The van der Waals surface area contributed by atoms with Crippen LogP contribution in [0.15, 0.2) is 136 Å². The molecule has 0 radical (unpaired) electrons. The molecular formula is C46H50ClF3N4O6S3. The first kappa shape index (κ1) is 47.9. The lowest BCUT2D eigenvalue weighted by atomic mass is 9.84. The first-order valence-corrected chi connectivity index (χ1v) is 24.7. The highest BCUT2D eigenvalue weighted by atomic mass is 35.5. The molecule has 2 atom stereocenters. The SMILES string of the molecule is CC(C)N(C)CCC(CSc1ccccc1)Nc1ccc(S(=O)(=O)NC(=O)c2ccc(N3CCC([C@H](O)c4ccccc4-c4ccc(Cl)cc4)CC3)cc2)cc1S(=O)(=O)C(F)(F)F. The van der Waals surface area contributed by atoms with Crippen molar-refractivity contribution in [2.75, 3.05) is 42.7 Å². The molecule has 0 aromatic heterocycles. The number of aliphatic hydroxyl groups excluding tert-OH is 1. The second-order valence-electron chi connectivity index (χ2n) is 15.8. The number of benzene rings is 5. The van der Waals surface area contributed by atoms with Gasteiger partial charge in [-0.15, -0.1) is 11.8 Å². The number of nitrogens with one attached hydrogen (secondary N) is 2. The lowest BCUT2D eigenvalue weighted by molar-refractivity contribution is -0.0435. The van der Waals surface area contributed by atoms with Crippen LogP contribution in [0.25, 0.3) is 11.1 Å². The molecule has 1 amide bonds. The zero-order valence-electron chi connectivity index (χ0n) is 34.9. The first-order chi connectivity index (χ1) is 29.8. The monoisotopic (exact) mass is 942 g/mol. The van der Waals surface area contributed by atoms with Gasteiger partial charge in [0, 0.05) is 58.6 Å². The van der Waals surface area contributed by atoms with E-state index in [2.05, 4.69) is 10.2 Å². The number of rotatable bonds is 17. The number of nitrogens with zero attached hydrogens (tertiary/aromatic N) is 2. The maximum atomic E-state index is 14.1. The number of aliphatic hydroxyl groups is 1. The largest absolute Gasteiger partial charge is 0.501 e. The first-order valence-electron chi connectivity index (χ1n) is 20.4. The van der Waals surface area contributed by atoms with Crippen LogP contribution >= 0.6 is 23.4 Å². The number of piperidine rings is 1. The minimum Gasteiger partial charge on any atom is -0.388 e. The summed E-state index contributed by atoms with van der Waals surface area (Å²) in [4.78, 5) is 16.2. The maximum absolute atomic E-state index is 14.1. The number of halogens is 4. The van der Waals surface area contributed by atoms with Gasteiger partial charge in [-0.25, -0.2) is 21.6 Å². The zero-order chi connectivity index (χ0) is 45.5. The molecule has 0 bridgehead atoms. The van der Waals surface area contributed by atoms with Gasteiger partial charge in [-0.2, -0.15) is 13.2 Å². The van der Waals surface area contributed by atoms with Crippen molar-refractivity contribution in [2.24, 2.45) is 5.92 Å². The maximum Gasteiger partial charge on any atom is 0.501 e. The standard InChI is InChI=1S/C46H50ClF3N4O6S3/c1-31(2)53(3)26-25-36(30-61-38-9-5-4-6-10-38)51-42-22-21-39(29-43(42)62(57,58)46(48,49)50)63(59,60)52-45(56)34-15-19-37(20-16-34)54-27-23-33(24-28-54)44(55)41-12-8-7-11-40(41)32-13-17-35(47)18-14-32/h4-22,29,31,33,36,44,51,55H,23-28,30H2,1-3H3,(H,52,56)/t36?,44-/m0/s1. The van der Waals surface area contributed by atoms with E-state index in [0.29, 0.717) is 55.7 Å². The number of carbonyl (C=O) groups excluding carboxylic acids is 1. The van der Waals surface area contributed by atoms with Gasteiger partial charge in [0.1, 0.15) is 4.90 Å². The molecule has 1 unspecified atom stereocenters. The minimum atomic E-state index is -6.06. The van der Waals surface area contributed by atoms with Gasteiger partial charge in [-0.3, -0.25) is 4.79 Å². The molecule has 1 fully saturated rings. The van der Waals surface area contributed by atoms with Crippen LogP contribution in [-0.4, -0.2) is 82.8 Å². The normalized spacial score (nSPS) is 15.0. The van der Waals surface area contributed by atoms with Crippen LogP contribution < -0.4 is 14.9 Å². The Balaban J connectivity index is 1.14. The van der Waals surface area contributed by atoms with E-state index in [9.17, 15) is 39.9 Å². The number of amides is 1. The third-order valence-electron chi connectivity index (χ3n) is 11.3. The second kappa shape index (κ2) is 20.5. The number of carbonyl (C=O) groups is 1. The van der Waals surface area contributed by atoms with E-state index in [4.69, 9.17) is 11.6 Å². The average Bonchev–Trinajstić information content (AvgIpc) is 3.27. The van der Waals surface area contributed by atoms with E-state index in [1.165, 1.54) is 23.9 Å². The molecule has 17 heteroatoms. The number of sulfonamides is 1. The van der Waals surface area contributed by atoms with Crippen molar-refractivity contribution < 1.29 is 39.9 Å². The summed E-state index contributed by atoms with van der Waals surface area (Å²) in [5, 5.41) is 15.1.